The molecule has 1 aliphatic heterocycles. The first-order valence-electron chi connectivity index (χ1n) is 9.58. The number of rotatable bonds is 5. The number of hydrogen-bond donors (Lipinski definition) is 1. The quantitative estimate of drug-likeness (QED) is 0.583. The maximum atomic E-state index is 13.1. The number of halogens is 1. The molecule has 1 heterocycles. The van der Waals surface area contributed by atoms with Gasteiger partial charge in [0.25, 0.3) is 5.91 Å². The van der Waals surface area contributed by atoms with Crippen molar-refractivity contribution in [1.82, 2.24) is 4.31 Å². The van der Waals surface area contributed by atoms with E-state index in [0.717, 1.165) is 34.8 Å². The SMILES string of the molecule is COc1ccc(S(=O)(=O)N2CCCCCC2)cc1C(=O)Nc1ccc(I)cc1C. The number of nitrogens with zero attached hydrogens (tertiary/aromatic N) is 1. The number of methoxy groups -OCH3 is 1. The Hall–Kier alpha value is -1.65. The molecule has 2 aromatic carbocycles. The second-order valence-corrected chi connectivity index (χ2v) is 10.3. The monoisotopic (exact) mass is 528 g/mol. The van der Waals surface area contributed by atoms with E-state index in [-0.39, 0.29) is 10.5 Å². The number of benzene rings is 2. The Morgan fingerprint density at radius 1 is 1.07 bits per heavy atom. The van der Waals surface area contributed by atoms with Gasteiger partial charge in [0.1, 0.15) is 5.75 Å². The van der Waals surface area contributed by atoms with Crippen LogP contribution in [-0.2, 0) is 10.0 Å². The first kappa shape index (κ1) is 22.0. The number of carbonyl (C=O) groups excluding carboxylic acids is 1. The second kappa shape index (κ2) is 9.44. The molecule has 3 rings (SSSR count). The van der Waals surface area contributed by atoms with Crippen molar-refractivity contribution in [2.75, 3.05) is 25.5 Å². The third-order valence-corrected chi connectivity index (χ3v) is 7.62. The van der Waals surface area contributed by atoms with Crippen molar-refractivity contribution in [2.24, 2.45) is 0 Å². The summed E-state index contributed by atoms with van der Waals surface area (Å²) in [7, 11) is -2.19. The van der Waals surface area contributed by atoms with Crippen LogP contribution in [0.5, 0.6) is 5.75 Å². The van der Waals surface area contributed by atoms with E-state index in [4.69, 9.17) is 4.74 Å². The van der Waals surface area contributed by atoms with Gasteiger partial charge in [-0.1, -0.05) is 12.8 Å². The summed E-state index contributed by atoms with van der Waals surface area (Å²) in [6, 6.07) is 10.2. The number of carbonyl (C=O) groups is 1. The molecule has 1 aliphatic rings. The molecule has 0 radical (unpaired) electrons. The Bertz CT molecular complexity index is 1000. The minimum atomic E-state index is -3.66. The Morgan fingerprint density at radius 3 is 2.38 bits per heavy atom. The molecule has 2 aromatic rings. The fraction of sp³-hybridized carbons (Fsp3) is 0.381. The molecule has 1 fully saturated rings. The average Bonchev–Trinajstić information content (AvgIpc) is 2.99. The highest BCUT2D eigenvalue weighted by molar-refractivity contribution is 14.1. The van der Waals surface area contributed by atoms with Crippen LogP contribution in [0.25, 0.3) is 0 Å². The summed E-state index contributed by atoms with van der Waals surface area (Å²) in [5.41, 5.74) is 1.80. The Kier molecular flexibility index (Phi) is 7.18. The molecule has 0 aliphatic carbocycles. The summed E-state index contributed by atoms with van der Waals surface area (Å²) in [5, 5.41) is 2.87. The van der Waals surface area contributed by atoms with Gasteiger partial charge in [0, 0.05) is 22.3 Å². The maximum absolute atomic E-state index is 13.1. The van der Waals surface area contributed by atoms with Crippen LogP contribution in [0.4, 0.5) is 5.69 Å². The predicted octanol–water partition coefficient (Wildman–Crippen LogP) is 4.43. The zero-order valence-electron chi connectivity index (χ0n) is 16.6. The molecule has 0 atom stereocenters. The number of aryl methyl sites for hydroxylation is 1. The van der Waals surface area contributed by atoms with Crippen LogP contribution in [-0.4, -0.2) is 38.8 Å². The lowest BCUT2D eigenvalue weighted by molar-refractivity contribution is 0.102. The molecule has 0 unspecified atom stereocenters. The maximum Gasteiger partial charge on any atom is 0.259 e. The van der Waals surface area contributed by atoms with Gasteiger partial charge in [0.15, 0.2) is 0 Å². The minimum absolute atomic E-state index is 0.115. The minimum Gasteiger partial charge on any atom is -0.496 e. The van der Waals surface area contributed by atoms with Crippen molar-refractivity contribution < 1.29 is 17.9 Å². The second-order valence-electron chi connectivity index (χ2n) is 7.09. The molecule has 0 aromatic heterocycles. The highest BCUT2D eigenvalue weighted by Gasteiger charge is 2.27. The van der Waals surface area contributed by atoms with Crippen LogP contribution in [0, 0.1) is 10.5 Å². The number of amides is 1. The van der Waals surface area contributed by atoms with Gasteiger partial charge in [0.05, 0.1) is 17.6 Å². The Labute approximate surface area is 185 Å². The van der Waals surface area contributed by atoms with Crippen molar-refractivity contribution in [3.05, 3.63) is 51.1 Å². The van der Waals surface area contributed by atoms with E-state index < -0.39 is 15.9 Å². The van der Waals surface area contributed by atoms with E-state index >= 15 is 0 Å². The highest BCUT2D eigenvalue weighted by Crippen LogP contribution is 2.27. The molecular formula is C21H25IN2O4S. The van der Waals surface area contributed by atoms with E-state index in [0.29, 0.717) is 24.5 Å². The lowest BCUT2D eigenvalue weighted by Crippen LogP contribution is -2.32. The number of hydrogen-bond acceptors (Lipinski definition) is 4. The largest absolute Gasteiger partial charge is 0.496 e. The predicted molar refractivity (Wildman–Crippen MR) is 122 cm³/mol. The normalized spacial score (nSPS) is 15.6. The van der Waals surface area contributed by atoms with Crippen molar-refractivity contribution >= 4 is 44.2 Å². The summed E-state index contributed by atoms with van der Waals surface area (Å²) in [4.78, 5) is 13.1. The van der Waals surface area contributed by atoms with E-state index in [2.05, 4.69) is 27.9 Å². The van der Waals surface area contributed by atoms with Gasteiger partial charge in [-0.3, -0.25) is 4.79 Å². The first-order chi connectivity index (χ1) is 13.8. The lowest BCUT2D eigenvalue weighted by Gasteiger charge is -2.21. The van der Waals surface area contributed by atoms with E-state index in [1.165, 1.54) is 23.5 Å². The van der Waals surface area contributed by atoms with E-state index in [9.17, 15) is 13.2 Å². The van der Waals surface area contributed by atoms with Crippen molar-refractivity contribution in [1.29, 1.82) is 0 Å². The molecule has 6 nitrogen and oxygen atoms in total. The summed E-state index contributed by atoms with van der Waals surface area (Å²) < 4.78 is 34.1. The molecular weight excluding hydrogens is 503 g/mol. The first-order valence-corrected chi connectivity index (χ1v) is 12.1. The van der Waals surface area contributed by atoms with Crippen molar-refractivity contribution in [2.45, 2.75) is 37.5 Å². The fourth-order valence-corrected chi connectivity index (χ4v) is 5.60. The smallest absolute Gasteiger partial charge is 0.259 e. The van der Waals surface area contributed by atoms with Crippen LogP contribution >= 0.6 is 22.6 Å². The van der Waals surface area contributed by atoms with E-state index in [1.54, 1.807) is 6.07 Å². The zero-order valence-corrected chi connectivity index (χ0v) is 19.5. The molecule has 1 N–H and O–H groups in total. The number of ether oxygens (including phenoxy) is 1. The van der Waals surface area contributed by atoms with Crippen LogP contribution < -0.4 is 10.1 Å². The average molecular weight is 528 g/mol. The van der Waals surface area contributed by atoms with Crippen molar-refractivity contribution in [3.8, 4) is 5.75 Å². The number of nitrogens with one attached hydrogen (secondary N) is 1. The van der Waals surface area contributed by atoms with Crippen molar-refractivity contribution in [3.63, 3.8) is 0 Å². The van der Waals surface area contributed by atoms with E-state index in [1.807, 2.05) is 25.1 Å². The molecule has 1 saturated heterocycles. The van der Waals surface area contributed by atoms with Gasteiger partial charge >= 0.3 is 0 Å². The topological polar surface area (TPSA) is 75.7 Å². The van der Waals surface area contributed by atoms with Gasteiger partial charge in [-0.05, 0) is 84.3 Å². The summed E-state index contributed by atoms with van der Waals surface area (Å²) >= 11 is 2.21. The standard InChI is InChI=1S/C21H25IN2O4S/c1-15-13-16(22)7-9-19(15)23-21(25)18-14-17(8-10-20(18)28-2)29(26,27)24-11-5-3-4-6-12-24/h7-10,13-14H,3-6,11-12H2,1-2H3,(H,23,25). The van der Waals surface area contributed by atoms with Gasteiger partial charge in [-0.2, -0.15) is 4.31 Å². The molecule has 29 heavy (non-hydrogen) atoms. The highest BCUT2D eigenvalue weighted by atomic mass is 127. The number of anilines is 1. The van der Waals surface area contributed by atoms with Crippen LogP contribution in [0.2, 0.25) is 0 Å². The third-order valence-electron chi connectivity index (χ3n) is 5.06. The van der Waals surface area contributed by atoms with Crippen LogP contribution in [0.3, 0.4) is 0 Å². The van der Waals surface area contributed by atoms with Gasteiger partial charge in [-0.25, -0.2) is 8.42 Å². The lowest BCUT2D eigenvalue weighted by atomic mass is 10.1. The summed E-state index contributed by atoms with van der Waals surface area (Å²) in [5.74, 6) is -0.0699. The molecule has 156 valence electrons. The molecule has 0 bridgehead atoms. The molecule has 0 spiro atoms. The molecule has 0 saturated carbocycles. The summed E-state index contributed by atoms with van der Waals surface area (Å²) in [6.45, 7) is 2.94. The fourth-order valence-electron chi connectivity index (χ4n) is 3.41. The Morgan fingerprint density at radius 2 is 1.76 bits per heavy atom. The van der Waals surface area contributed by atoms with Gasteiger partial charge < -0.3 is 10.1 Å². The van der Waals surface area contributed by atoms with Gasteiger partial charge in [0.2, 0.25) is 10.0 Å². The summed E-state index contributed by atoms with van der Waals surface area (Å²) in [6.07, 6.45) is 3.79. The Balaban J connectivity index is 1.93. The molecule has 8 heteroatoms. The zero-order chi connectivity index (χ0) is 21.0. The third kappa shape index (κ3) is 5.10. The van der Waals surface area contributed by atoms with Crippen LogP contribution in [0.1, 0.15) is 41.6 Å². The molecule has 1 amide bonds. The number of sulfonamides is 1. The van der Waals surface area contributed by atoms with Gasteiger partial charge in [-0.15, -0.1) is 0 Å². The van der Waals surface area contributed by atoms with Crippen LogP contribution in [0.15, 0.2) is 41.3 Å².